The Bertz CT molecular complexity index is 598. The molecule has 0 atom stereocenters. The lowest BCUT2D eigenvalue weighted by molar-refractivity contribution is 0.315. The number of nitrogens with zero attached hydrogens (tertiary/aromatic N) is 4. The number of hydrogen-bond donors (Lipinski definition) is 0. The fourth-order valence-electron chi connectivity index (χ4n) is 1.87. The zero-order valence-electron chi connectivity index (χ0n) is 11.1. The minimum Gasteiger partial charge on any atom is -0.491 e. The van der Waals surface area contributed by atoms with Crippen LogP contribution in [-0.4, -0.2) is 21.6 Å². The van der Waals surface area contributed by atoms with E-state index >= 15 is 0 Å². The predicted octanol–water partition coefficient (Wildman–Crippen LogP) is 2.49. The fraction of sp³-hybridized carbons (Fsp3) is 0.357. The van der Waals surface area contributed by atoms with Crippen molar-refractivity contribution in [3.63, 3.8) is 0 Å². The Morgan fingerprint density at radius 1 is 1.32 bits per heavy atom. The van der Waals surface area contributed by atoms with E-state index < -0.39 is 0 Å². The van der Waals surface area contributed by atoms with Gasteiger partial charge in [0.15, 0.2) is 5.69 Å². The van der Waals surface area contributed by atoms with Crippen LogP contribution in [0, 0.1) is 11.3 Å². The zero-order chi connectivity index (χ0) is 13.7. The maximum absolute atomic E-state index is 9.02. The highest BCUT2D eigenvalue weighted by atomic mass is 16.5. The molecular weight excluding hydrogens is 240 g/mol. The summed E-state index contributed by atoms with van der Waals surface area (Å²) in [6, 6.07) is 9.72. The van der Waals surface area contributed by atoms with Crippen LogP contribution in [0.2, 0.25) is 0 Å². The Labute approximate surface area is 112 Å². The molecule has 0 saturated carbocycles. The van der Waals surface area contributed by atoms with Crippen molar-refractivity contribution in [3.8, 4) is 17.5 Å². The van der Waals surface area contributed by atoms with E-state index in [2.05, 4.69) is 23.3 Å². The van der Waals surface area contributed by atoms with Crippen molar-refractivity contribution in [2.24, 2.45) is 0 Å². The first-order valence-corrected chi connectivity index (χ1v) is 6.38. The molecule has 0 unspecified atom stereocenters. The van der Waals surface area contributed by atoms with Gasteiger partial charge in [0.25, 0.3) is 0 Å². The number of rotatable bonds is 5. The highest BCUT2D eigenvalue weighted by Crippen LogP contribution is 2.24. The van der Waals surface area contributed by atoms with Gasteiger partial charge in [-0.25, -0.2) is 4.68 Å². The molecule has 0 bridgehead atoms. The third-order valence-electron chi connectivity index (χ3n) is 2.76. The number of ether oxygens (including phenoxy) is 1. The van der Waals surface area contributed by atoms with Crippen LogP contribution in [0.15, 0.2) is 24.3 Å². The van der Waals surface area contributed by atoms with Crippen molar-refractivity contribution in [1.82, 2.24) is 15.0 Å². The van der Waals surface area contributed by atoms with Crippen LogP contribution < -0.4 is 4.74 Å². The molecule has 1 heterocycles. The van der Waals surface area contributed by atoms with Crippen molar-refractivity contribution >= 4 is 0 Å². The van der Waals surface area contributed by atoms with E-state index in [1.165, 1.54) is 0 Å². The third kappa shape index (κ3) is 2.58. The molecule has 0 aliphatic carbocycles. The second-order valence-corrected chi connectivity index (χ2v) is 4.08. The molecule has 98 valence electrons. The van der Waals surface area contributed by atoms with Gasteiger partial charge in [-0.15, -0.1) is 5.10 Å². The minimum atomic E-state index is 0.368. The van der Waals surface area contributed by atoms with E-state index in [4.69, 9.17) is 10.00 Å². The highest BCUT2D eigenvalue weighted by Gasteiger charge is 2.15. The summed E-state index contributed by atoms with van der Waals surface area (Å²) in [5, 5.41) is 17.0. The summed E-state index contributed by atoms with van der Waals surface area (Å²) in [5.74, 6) is 0.758. The van der Waals surface area contributed by atoms with Gasteiger partial charge in [-0.3, -0.25) is 0 Å². The summed E-state index contributed by atoms with van der Waals surface area (Å²) in [6.07, 6.45) is 1.63. The van der Waals surface area contributed by atoms with Gasteiger partial charge in [0.1, 0.15) is 17.5 Å². The van der Waals surface area contributed by atoms with E-state index in [0.29, 0.717) is 18.7 Å². The second kappa shape index (κ2) is 6.01. The number of benzene rings is 1. The number of nitriles is 1. The number of hydrogen-bond acceptors (Lipinski definition) is 4. The standard InChI is InChI=1S/C14H16N4O/c1-3-9-19-14-8-6-5-7-13(14)18-12(4-2)11(10-15)16-17-18/h5-8H,3-4,9H2,1-2H3. The van der Waals surface area contributed by atoms with Crippen molar-refractivity contribution in [1.29, 1.82) is 5.26 Å². The average Bonchev–Trinajstić information content (AvgIpc) is 2.88. The van der Waals surface area contributed by atoms with Gasteiger partial charge >= 0.3 is 0 Å². The lowest BCUT2D eigenvalue weighted by Crippen LogP contribution is -2.06. The molecule has 0 fully saturated rings. The van der Waals surface area contributed by atoms with Gasteiger partial charge in [-0.05, 0) is 25.0 Å². The highest BCUT2D eigenvalue weighted by molar-refractivity contribution is 5.48. The largest absolute Gasteiger partial charge is 0.491 e. The van der Waals surface area contributed by atoms with Crippen LogP contribution >= 0.6 is 0 Å². The van der Waals surface area contributed by atoms with Crippen molar-refractivity contribution in [3.05, 3.63) is 35.7 Å². The molecule has 0 amide bonds. The lowest BCUT2D eigenvalue weighted by Gasteiger charge is -2.11. The first-order valence-electron chi connectivity index (χ1n) is 6.38. The van der Waals surface area contributed by atoms with Gasteiger partial charge in [0, 0.05) is 0 Å². The minimum absolute atomic E-state index is 0.368. The monoisotopic (exact) mass is 256 g/mol. The maximum atomic E-state index is 9.02. The molecule has 0 saturated heterocycles. The summed E-state index contributed by atoms with van der Waals surface area (Å²) in [6.45, 7) is 4.69. The molecule has 2 aromatic rings. The first-order chi connectivity index (χ1) is 9.31. The first kappa shape index (κ1) is 13.1. The Morgan fingerprint density at radius 3 is 2.79 bits per heavy atom. The van der Waals surface area contributed by atoms with Crippen molar-refractivity contribution < 1.29 is 4.74 Å². The Hall–Kier alpha value is -2.35. The lowest BCUT2D eigenvalue weighted by atomic mass is 10.2. The molecule has 19 heavy (non-hydrogen) atoms. The molecule has 1 aromatic heterocycles. The SMILES string of the molecule is CCCOc1ccccc1-n1nnc(C#N)c1CC. The normalized spacial score (nSPS) is 10.2. The van der Waals surface area contributed by atoms with Gasteiger partial charge in [-0.1, -0.05) is 31.2 Å². The number of aromatic nitrogens is 3. The summed E-state index contributed by atoms with van der Waals surface area (Å²) in [4.78, 5) is 0. The van der Waals surface area contributed by atoms with E-state index in [1.807, 2.05) is 31.2 Å². The van der Waals surface area contributed by atoms with Gasteiger partial charge < -0.3 is 4.74 Å². The van der Waals surface area contributed by atoms with Crippen LogP contribution in [0.4, 0.5) is 0 Å². The van der Waals surface area contributed by atoms with Gasteiger partial charge in [0.2, 0.25) is 0 Å². The number of para-hydroxylation sites is 2. The Morgan fingerprint density at radius 2 is 2.11 bits per heavy atom. The molecule has 0 spiro atoms. The Kier molecular flexibility index (Phi) is 4.14. The zero-order valence-corrected chi connectivity index (χ0v) is 11.1. The third-order valence-corrected chi connectivity index (χ3v) is 2.76. The van der Waals surface area contributed by atoms with Crippen molar-refractivity contribution in [2.75, 3.05) is 6.61 Å². The summed E-state index contributed by atoms with van der Waals surface area (Å²) in [7, 11) is 0. The van der Waals surface area contributed by atoms with Crippen LogP contribution in [0.1, 0.15) is 31.7 Å². The van der Waals surface area contributed by atoms with Gasteiger partial charge in [0.05, 0.1) is 12.3 Å². The van der Waals surface area contributed by atoms with E-state index in [-0.39, 0.29) is 0 Å². The summed E-state index contributed by atoms with van der Waals surface area (Å²) in [5.41, 5.74) is 1.99. The summed E-state index contributed by atoms with van der Waals surface area (Å²) >= 11 is 0. The van der Waals surface area contributed by atoms with E-state index in [1.54, 1.807) is 4.68 Å². The molecule has 1 aromatic carbocycles. The topological polar surface area (TPSA) is 63.7 Å². The average molecular weight is 256 g/mol. The van der Waals surface area contributed by atoms with Crippen molar-refractivity contribution in [2.45, 2.75) is 26.7 Å². The molecule has 0 aliphatic heterocycles. The van der Waals surface area contributed by atoms with Crippen LogP contribution in [0.3, 0.4) is 0 Å². The second-order valence-electron chi connectivity index (χ2n) is 4.08. The van der Waals surface area contributed by atoms with Crippen LogP contribution in [0.5, 0.6) is 5.75 Å². The molecule has 5 heteroatoms. The smallest absolute Gasteiger partial charge is 0.186 e. The quantitative estimate of drug-likeness (QED) is 0.824. The van der Waals surface area contributed by atoms with Gasteiger partial charge in [-0.2, -0.15) is 5.26 Å². The predicted molar refractivity (Wildman–Crippen MR) is 71.2 cm³/mol. The van der Waals surface area contributed by atoms with Crippen LogP contribution in [0.25, 0.3) is 5.69 Å². The molecular formula is C14H16N4O. The maximum Gasteiger partial charge on any atom is 0.186 e. The fourth-order valence-corrected chi connectivity index (χ4v) is 1.87. The van der Waals surface area contributed by atoms with E-state index in [0.717, 1.165) is 23.6 Å². The molecule has 0 N–H and O–H groups in total. The molecule has 2 rings (SSSR count). The van der Waals surface area contributed by atoms with E-state index in [9.17, 15) is 0 Å². The molecule has 0 aliphatic rings. The Balaban J connectivity index is 2.47. The molecule has 0 radical (unpaired) electrons. The summed E-state index contributed by atoms with van der Waals surface area (Å²) < 4.78 is 7.40. The molecule has 5 nitrogen and oxygen atoms in total. The van der Waals surface area contributed by atoms with Crippen LogP contribution in [-0.2, 0) is 6.42 Å².